The molecule has 0 amide bonds. The highest BCUT2D eigenvalue weighted by Gasteiger charge is 2.26. The van der Waals surface area contributed by atoms with Gasteiger partial charge in [0, 0.05) is 35.9 Å². The summed E-state index contributed by atoms with van der Waals surface area (Å²) < 4.78 is 6.41. The first kappa shape index (κ1) is 14.5. The van der Waals surface area contributed by atoms with Gasteiger partial charge in [-0.25, -0.2) is 0 Å². The minimum Gasteiger partial charge on any atom is -0.379 e. The molecule has 1 fully saturated rings. The summed E-state index contributed by atoms with van der Waals surface area (Å²) in [5.74, 6) is 0.682. The number of methoxy groups -OCH3 is 1. The molecular weight excluding hydrogens is 306 g/mol. The summed E-state index contributed by atoms with van der Waals surface area (Å²) in [6, 6.07) is 5.94. The van der Waals surface area contributed by atoms with Gasteiger partial charge in [0.1, 0.15) is 0 Å². The van der Waals surface area contributed by atoms with Crippen molar-refractivity contribution in [3.63, 3.8) is 0 Å². The van der Waals surface area contributed by atoms with Gasteiger partial charge in [-0.1, -0.05) is 6.92 Å². The van der Waals surface area contributed by atoms with Crippen molar-refractivity contribution < 1.29 is 9.53 Å². The van der Waals surface area contributed by atoms with E-state index in [4.69, 9.17) is 4.74 Å². The predicted molar refractivity (Wildman–Crippen MR) is 80.9 cm³/mol. The lowest BCUT2D eigenvalue weighted by atomic mass is 9.95. The second-order valence-corrected chi connectivity index (χ2v) is 6.06. The number of halogens is 1. The van der Waals surface area contributed by atoms with Crippen LogP contribution in [0.2, 0.25) is 0 Å². The van der Waals surface area contributed by atoms with Gasteiger partial charge in [-0.05, 0) is 53.4 Å². The van der Waals surface area contributed by atoms with Crippen molar-refractivity contribution in [2.45, 2.75) is 26.4 Å². The van der Waals surface area contributed by atoms with E-state index in [1.807, 2.05) is 18.2 Å². The van der Waals surface area contributed by atoms with Crippen LogP contribution in [0.5, 0.6) is 0 Å². The van der Waals surface area contributed by atoms with Gasteiger partial charge in [0.05, 0.1) is 6.10 Å². The number of ether oxygens (including phenoxy) is 1. The minimum absolute atomic E-state index is 0.0838. The fourth-order valence-corrected chi connectivity index (χ4v) is 3.21. The molecule has 19 heavy (non-hydrogen) atoms. The van der Waals surface area contributed by atoms with Gasteiger partial charge in [0.2, 0.25) is 0 Å². The number of benzene rings is 1. The summed E-state index contributed by atoms with van der Waals surface area (Å²) in [5, 5.41) is 0. The largest absolute Gasteiger partial charge is 0.379 e. The summed E-state index contributed by atoms with van der Waals surface area (Å²) in [7, 11) is 1.78. The Morgan fingerprint density at radius 3 is 2.79 bits per heavy atom. The number of rotatable bonds is 3. The number of carbonyl (C=O) groups is 1. The molecule has 1 aromatic carbocycles. The number of ketones is 1. The first-order chi connectivity index (χ1) is 9.02. The summed E-state index contributed by atoms with van der Waals surface area (Å²) >= 11 is 3.48. The molecular formula is C15H20BrNO2. The fourth-order valence-electron chi connectivity index (χ4n) is 2.56. The summed E-state index contributed by atoms with van der Waals surface area (Å²) in [5.41, 5.74) is 1.88. The Morgan fingerprint density at radius 1 is 1.47 bits per heavy atom. The third-order valence-corrected chi connectivity index (χ3v) is 4.55. The van der Waals surface area contributed by atoms with E-state index in [0.29, 0.717) is 5.92 Å². The molecule has 0 radical (unpaired) electrons. The molecule has 1 saturated heterocycles. The van der Waals surface area contributed by atoms with Crippen molar-refractivity contribution in [3.8, 4) is 0 Å². The molecule has 4 heteroatoms. The SMILES string of the molecule is COC1CN(c2ccc(C(C)=O)c(Br)c2)CCC1C. The maximum Gasteiger partial charge on any atom is 0.160 e. The zero-order valence-electron chi connectivity index (χ0n) is 11.6. The van der Waals surface area contributed by atoms with E-state index < -0.39 is 0 Å². The van der Waals surface area contributed by atoms with E-state index in [1.54, 1.807) is 14.0 Å². The molecule has 0 saturated carbocycles. The van der Waals surface area contributed by atoms with Crippen LogP contribution in [0.4, 0.5) is 5.69 Å². The average Bonchev–Trinajstić information content (AvgIpc) is 2.38. The van der Waals surface area contributed by atoms with Crippen LogP contribution in [0.25, 0.3) is 0 Å². The number of carbonyl (C=O) groups excluding carboxylic acids is 1. The van der Waals surface area contributed by atoms with Crippen molar-refractivity contribution in [2.24, 2.45) is 5.92 Å². The van der Waals surface area contributed by atoms with Crippen LogP contribution < -0.4 is 4.90 Å². The molecule has 104 valence electrons. The molecule has 2 atom stereocenters. The van der Waals surface area contributed by atoms with E-state index in [-0.39, 0.29) is 11.9 Å². The number of nitrogens with zero attached hydrogens (tertiary/aromatic N) is 1. The van der Waals surface area contributed by atoms with E-state index in [2.05, 4.69) is 27.8 Å². The molecule has 3 nitrogen and oxygen atoms in total. The van der Waals surface area contributed by atoms with Crippen molar-refractivity contribution in [1.29, 1.82) is 0 Å². The van der Waals surface area contributed by atoms with E-state index in [0.717, 1.165) is 35.2 Å². The normalized spacial score (nSPS) is 23.5. The third kappa shape index (κ3) is 3.18. The van der Waals surface area contributed by atoms with Gasteiger partial charge in [-0.3, -0.25) is 4.79 Å². The molecule has 0 bridgehead atoms. The maximum atomic E-state index is 11.4. The quantitative estimate of drug-likeness (QED) is 0.796. The average molecular weight is 326 g/mol. The molecule has 0 N–H and O–H groups in total. The van der Waals surface area contributed by atoms with Gasteiger partial charge in [-0.2, -0.15) is 0 Å². The predicted octanol–water partition coefficient (Wildman–Crippen LogP) is 3.51. The molecule has 1 aliphatic heterocycles. The number of piperidine rings is 1. The molecule has 1 aromatic rings. The Kier molecular flexibility index (Phi) is 4.63. The molecule has 1 aliphatic rings. The van der Waals surface area contributed by atoms with Gasteiger partial charge in [0.15, 0.2) is 5.78 Å². The zero-order valence-corrected chi connectivity index (χ0v) is 13.2. The van der Waals surface area contributed by atoms with Crippen LogP contribution in [0.1, 0.15) is 30.6 Å². The highest BCUT2D eigenvalue weighted by molar-refractivity contribution is 9.10. The van der Waals surface area contributed by atoms with Gasteiger partial charge in [-0.15, -0.1) is 0 Å². The van der Waals surface area contributed by atoms with Crippen LogP contribution in [0.15, 0.2) is 22.7 Å². The number of hydrogen-bond donors (Lipinski definition) is 0. The van der Waals surface area contributed by atoms with E-state index in [9.17, 15) is 4.79 Å². The standard InChI is InChI=1S/C15H20BrNO2/c1-10-6-7-17(9-15(10)19-3)12-4-5-13(11(2)18)14(16)8-12/h4-5,8,10,15H,6-7,9H2,1-3H3. The highest BCUT2D eigenvalue weighted by Crippen LogP contribution is 2.28. The van der Waals surface area contributed by atoms with E-state index in [1.165, 1.54) is 0 Å². The molecule has 2 rings (SSSR count). The maximum absolute atomic E-state index is 11.4. The van der Waals surface area contributed by atoms with Crippen molar-refractivity contribution in [1.82, 2.24) is 0 Å². The van der Waals surface area contributed by atoms with Gasteiger partial charge >= 0.3 is 0 Å². The highest BCUT2D eigenvalue weighted by atomic mass is 79.9. The van der Waals surface area contributed by atoms with Crippen LogP contribution in [0.3, 0.4) is 0 Å². The summed E-state index contributed by atoms with van der Waals surface area (Å²) in [6.07, 6.45) is 1.41. The molecule has 0 aliphatic carbocycles. The van der Waals surface area contributed by atoms with Crippen LogP contribution in [-0.2, 0) is 4.74 Å². The second-order valence-electron chi connectivity index (χ2n) is 5.21. The zero-order chi connectivity index (χ0) is 14.0. The topological polar surface area (TPSA) is 29.5 Å². The lowest BCUT2D eigenvalue weighted by molar-refractivity contribution is 0.0498. The molecule has 2 unspecified atom stereocenters. The number of hydrogen-bond acceptors (Lipinski definition) is 3. The summed E-state index contributed by atoms with van der Waals surface area (Å²) in [6.45, 7) is 5.76. The minimum atomic E-state index is 0.0838. The lowest BCUT2D eigenvalue weighted by Crippen LogP contribution is -2.43. The molecule has 0 spiro atoms. The Bertz CT molecular complexity index is 475. The molecule has 0 aromatic heterocycles. The van der Waals surface area contributed by atoms with Crippen molar-refractivity contribution in [3.05, 3.63) is 28.2 Å². The second kappa shape index (κ2) is 6.06. The third-order valence-electron chi connectivity index (χ3n) is 3.89. The first-order valence-corrected chi connectivity index (χ1v) is 7.40. The Morgan fingerprint density at radius 2 is 2.21 bits per heavy atom. The number of Topliss-reactive ketones (excluding diaryl/α,β-unsaturated/α-hetero) is 1. The monoisotopic (exact) mass is 325 g/mol. The smallest absolute Gasteiger partial charge is 0.160 e. The van der Waals surface area contributed by atoms with E-state index >= 15 is 0 Å². The lowest BCUT2D eigenvalue weighted by Gasteiger charge is -2.37. The fraction of sp³-hybridized carbons (Fsp3) is 0.533. The van der Waals surface area contributed by atoms with Crippen molar-refractivity contribution in [2.75, 3.05) is 25.1 Å². The Hall–Kier alpha value is -0.870. The van der Waals surface area contributed by atoms with Gasteiger partial charge < -0.3 is 9.64 Å². The first-order valence-electron chi connectivity index (χ1n) is 6.61. The van der Waals surface area contributed by atoms with Crippen LogP contribution in [0, 0.1) is 5.92 Å². The Balaban J connectivity index is 2.18. The number of anilines is 1. The van der Waals surface area contributed by atoms with Crippen LogP contribution in [-0.4, -0.2) is 32.1 Å². The Labute approximate surface area is 123 Å². The summed E-state index contributed by atoms with van der Waals surface area (Å²) in [4.78, 5) is 13.8. The molecule has 1 heterocycles. The van der Waals surface area contributed by atoms with Crippen LogP contribution >= 0.6 is 15.9 Å². The van der Waals surface area contributed by atoms with Crippen molar-refractivity contribution >= 4 is 27.4 Å². The van der Waals surface area contributed by atoms with Gasteiger partial charge in [0.25, 0.3) is 0 Å².